The molecule has 0 saturated heterocycles. The maximum atomic E-state index is 5.80. The van der Waals surface area contributed by atoms with Crippen LogP contribution < -0.4 is 10.5 Å². The minimum absolute atomic E-state index is 0.439. The van der Waals surface area contributed by atoms with Gasteiger partial charge in [-0.25, -0.2) is 0 Å². The molecule has 2 N–H and O–H groups in total. The van der Waals surface area contributed by atoms with Gasteiger partial charge in [-0.05, 0) is 30.7 Å². The lowest BCUT2D eigenvalue weighted by molar-refractivity contribution is 0.456. The van der Waals surface area contributed by atoms with E-state index in [1.807, 2.05) is 13.0 Å². The van der Waals surface area contributed by atoms with Gasteiger partial charge in [-0.2, -0.15) is 5.10 Å². The van der Waals surface area contributed by atoms with Gasteiger partial charge in [-0.3, -0.25) is 0 Å². The Morgan fingerprint density at radius 2 is 2.12 bits per heavy atom. The van der Waals surface area contributed by atoms with E-state index in [1.54, 1.807) is 24.4 Å². The Kier molecular flexibility index (Phi) is 3.05. The number of aromatic nitrogens is 2. The highest BCUT2D eigenvalue weighted by molar-refractivity contribution is 9.10. The van der Waals surface area contributed by atoms with E-state index in [0.717, 1.165) is 10.0 Å². The molecule has 2 rings (SSSR count). The number of benzene rings is 1. The molecule has 2 aromatic rings. The molecule has 0 radical (unpaired) electrons. The maximum absolute atomic E-state index is 5.80. The van der Waals surface area contributed by atoms with Crippen molar-refractivity contribution in [2.75, 3.05) is 5.73 Å². The molecule has 0 amide bonds. The second-order valence-corrected chi connectivity index (χ2v) is 4.27. The zero-order chi connectivity index (χ0) is 11.5. The van der Waals surface area contributed by atoms with Gasteiger partial charge < -0.3 is 10.5 Å². The van der Waals surface area contributed by atoms with Gasteiger partial charge in [0.1, 0.15) is 0 Å². The predicted octanol–water partition coefficient (Wildman–Crippen LogP) is 2.92. The topological polar surface area (TPSA) is 61.0 Å². The normalized spacial score (nSPS) is 10.1. The van der Waals surface area contributed by atoms with Gasteiger partial charge in [0.05, 0.1) is 11.9 Å². The van der Waals surface area contributed by atoms with Crippen molar-refractivity contribution >= 4 is 21.6 Å². The molecule has 1 aromatic heterocycles. The summed E-state index contributed by atoms with van der Waals surface area (Å²) in [6, 6.07) is 7.21. The number of aryl methyl sites for hydroxylation is 1. The Morgan fingerprint density at radius 3 is 2.81 bits per heavy atom. The number of anilines is 1. The van der Waals surface area contributed by atoms with Crippen molar-refractivity contribution in [1.29, 1.82) is 0 Å². The Labute approximate surface area is 102 Å². The van der Waals surface area contributed by atoms with Crippen LogP contribution in [0.25, 0.3) is 0 Å². The third kappa shape index (κ3) is 2.49. The van der Waals surface area contributed by atoms with Crippen molar-refractivity contribution in [2.45, 2.75) is 6.92 Å². The molecule has 1 aromatic carbocycles. The molecule has 0 unspecified atom stereocenters. The lowest BCUT2D eigenvalue weighted by atomic mass is 10.3. The lowest BCUT2D eigenvalue weighted by Crippen LogP contribution is -1.95. The summed E-state index contributed by atoms with van der Waals surface area (Å²) in [5, 5.41) is 7.66. The number of hydrogen-bond acceptors (Lipinski definition) is 4. The summed E-state index contributed by atoms with van der Waals surface area (Å²) in [6.07, 6.45) is 1.66. The highest BCUT2D eigenvalue weighted by Crippen LogP contribution is 2.28. The maximum Gasteiger partial charge on any atom is 0.239 e. The smallest absolute Gasteiger partial charge is 0.239 e. The van der Waals surface area contributed by atoms with Gasteiger partial charge in [-0.1, -0.05) is 15.9 Å². The van der Waals surface area contributed by atoms with E-state index in [4.69, 9.17) is 10.5 Å². The van der Waals surface area contributed by atoms with Crippen LogP contribution in [0.15, 0.2) is 34.9 Å². The monoisotopic (exact) mass is 279 g/mol. The van der Waals surface area contributed by atoms with Crippen LogP contribution in [-0.4, -0.2) is 10.2 Å². The van der Waals surface area contributed by atoms with Crippen LogP contribution in [0.3, 0.4) is 0 Å². The molecule has 0 spiro atoms. The second kappa shape index (κ2) is 4.49. The summed E-state index contributed by atoms with van der Waals surface area (Å²) in [4.78, 5) is 0. The SMILES string of the molecule is Cc1cnnc(Oc2ccc(Br)cc2N)c1. The van der Waals surface area contributed by atoms with E-state index >= 15 is 0 Å². The molecular formula is C11H10BrN3O. The summed E-state index contributed by atoms with van der Waals surface area (Å²) in [5.74, 6) is 1.01. The van der Waals surface area contributed by atoms with Gasteiger partial charge in [0, 0.05) is 10.5 Å². The molecule has 0 aliphatic rings. The number of nitrogens with zero attached hydrogens (tertiary/aromatic N) is 2. The number of hydrogen-bond donors (Lipinski definition) is 1. The third-order valence-corrected chi connectivity index (χ3v) is 2.45. The van der Waals surface area contributed by atoms with Crippen LogP contribution in [0, 0.1) is 6.92 Å². The Hall–Kier alpha value is -1.62. The number of rotatable bonds is 2. The quantitative estimate of drug-likeness (QED) is 0.859. The first-order valence-electron chi connectivity index (χ1n) is 4.67. The summed E-state index contributed by atoms with van der Waals surface area (Å²) < 4.78 is 6.44. The summed E-state index contributed by atoms with van der Waals surface area (Å²) in [5.41, 5.74) is 7.34. The van der Waals surface area contributed by atoms with E-state index in [1.165, 1.54) is 0 Å². The van der Waals surface area contributed by atoms with Crippen molar-refractivity contribution in [3.05, 3.63) is 40.5 Å². The molecule has 0 saturated carbocycles. The summed E-state index contributed by atoms with van der Waals surface area (Å²) in [6.45, 7) is 1.92. The van der Waals surface area contributed by atoms with Gasteiger partial charge in [0.2, 0.25) is 5.88 Å². The van der Waals surface area contributed by atoms with Gasteiger partial charge in [0.15, 0.2) is 5.75 Å². The zero-order valence-electron chi connectivity index (χ0n) is 8.64. The fourth-order valence-corrected chi connectivity index (χ4v) is 1.59. The molecule has 0 aliphatic heterocycles. The number of nitrogens with two attached hydrogens (primary N) is 1. The van der Waals surface area contributed by atoms with Crippen LogP contribution in [-0.2, 0) is 0 Å². The number of ether oxygens (including phenoxy) is 1. The standard InChI is InChI=1S/C11H10BrN3O/c1-7-4-11(15-14-6-7)16-10-3-2-8(12)5-9(10)13/h2-6H,13H2,1H3. The van der Waals surface area contributed by atoms with Crippen molar-refractivity contribution < 1.29 is 4.74 Å². The average Bonchev–Trinajstić information content (AvgIpc) is 2.22. The van der Waals surface area contributed by atoms with Gasteiger partial charge in [0.25, 0.3) is 0 Å². The Bertz CT molecular complexity index is 516. The zero-order valence-corrected chi connectivity index (χ0v) is 10.2. The molecule has 1 heterocycles. The van der Waals surface area contributed by atoms with Gasteiger partial charge >= 0.3 is 0 Å². The Morgan fingerprint density at radius 1 is 1.31 bits per heavy atom. The van der Waals surface area contributed by atoms with E-state index in [9.17, 15) is 0 Å². The Balaban J connectivity index is 2.27. The third-order valence-electron chi connectivity index (χ3n) is 1.96. The van der Waals surface area contributed by atoms with E-state index < -0.39 is 0 Å². The first-order valence-corrected chi connectivity index (χ1v) is 5.46. The van der Waals surface area contributed by atoms with Crippen LogP contribution in [0.1, 0.15) is 5.56 Å². The van der Waals surface area contributed by atoms with E-state index in [-0.39, 0.29) is 0 Å². The largest absolute Gasteiger partial charge is 0.435 e. The molecule has 4 nitrogen and oxygen atoms in total. The molecule has 0 fully saturated rings. The van der Waals surface area contributed by atoms with E-state index in [2.05, 4.69) is 26.1 Å². The number of nitrogen functional groups attached to an aromatic ring is 1. The first-order chi connectivity index (χ1) is 7.65. The fraction of sp³-hybridized carbons (Fsp3) is 0.0909. The van der Waals surface area contributed by atoms with Crippen molar-refractivity contribution in [1.82, 2.24) is 10.2 Å². The summed E-state index contributed by atoms with van der Waals surface area (Å²) in [7, 11) is 0. The van der Waals surface area contributed by atoms with Gasteiger partial charge in [-0.15, -0.1) is 5.10 Å². The minimum atomic E-state index is 0.439. The van der Waals surface area contributed by atoms with Crippen molar-refractivity contribution in [3.8, 4) is 11.6 Å². The molecule has 0 bridgehead atoms. The van der Waals surface area contributed by atoms with Crippen LogP contribution in [0.2, 0.25) is 0 Å². The van der Waals surface area contributed by atoms with Crippen LogP contribution in [0.4, 0.5) is 5.69 Å². The highest BCUT2D eigenvalue weighted by Gasteiger charge is 2.04. The number of halogens is 1. The molecule has 0 atom stereocenters. The highest BCUT2D eigenvalue weighted by atomic mass is 79.9. The molecular weight excluding hydrogens is 270 g/mol. The lowest BCUT2D eigenvalue weighted by Gasteiger charge is -2.07. The summed E-state index contributed by atoms with van der Waals surface area (Å²) >= 11 is 3.33. The molecule has 16 heavy (non-hydrogen) atoms. The molecule has 82 valence electrons. The molecule has 0 aliphatic carbocycles. The molecule has 5 heteroatoms. The average molecular weight is 280 g/mol. The van der Waals surface area contributed by atoms with Crippen molar-refractivity contribution in [2.24, 2.45) is 0 Å². The van der Waals surface area contributed by atoms with Crippen molar-refractivity contribution in [3.63, 3.8) is 0 Å². The van der Waals surface area contributed by atoms with E-state index in [0.29, 0.717) is 17.3 Å². The second-order valence-electron chi connectivity index (χ2n) is 3.36. The fourth-order valence-electron chi connectivity index (χ4n) is 1.21. The van der Waals surface area contributed by atoms with Crippen LogP contribution in [0.5, 0.6) is 11.6 Å². The minimum Gasteiger partial charge on any atom is -0.435 e. The van der Waals surface area contributed by atoms with Crippen LogP contribution >= 0.6 is 15.9 Å². The first kappa shape index (κ1) is 10.9. The predicted molar refractivity (Wildman–Crippen MR) is 65.4 cm³/mol.